The number of aliphatic carboxylic acids is 1. The van der Waals surface area contributed by atoms with Gasteiger partial charge in [0.15, 0.2) is 5.96 Å². The number of nitrogens with zero attached hydrogens (tertiary/aromatic N) is 1. The molecular weight excluding hydrogens is 286 g/mol. The smallest absolute Gasteiger partial charge is 0.323 e. The summed E-state index contributed by atoms with van der Waals surface area (Å²) in [6.45, 7) is 1.48. The lowest BCUT2D eigenvalue weighted by atomic mass is 10.1. The first-order chi connectivity index (χ1) is 10.3. The summed E-state index contributed by atoms with van der Waals surface area (Å²) in [6.07, 6.45) is 6.98. The first-order valence-corrected chi connectivity index (χ1v) is 7.82. The quantitative estimate of drug-likeness (QED) is 0.262. The van der Waals surface area contributed by atoms with Crippen LogP contribution in [0.15, 0.2) is 0 Å². The van der Waals surface area contributed by atoms with Gasteiger partial charge in [0.1, 0.15) is 6.54 Å². The van der Waals surface area contributed by atoms with Gasteiger partial charge < -0.3 is 15.1 Å². The Balaban J connectivity index is 3.57. The number of amides is 1. The summed E-state index contributed by atoms with van der Waals surface area (Å²) in [5, 5.41) is 27.7. The highest BCUT2D eigenvalue weighted by Crippen LogP contribution is 2.09. The third-order valence-electron chi connectivity index (χ3n) is 3.29. The molecule has 7 nitrogen and oxygen atoms in total. The van der Waals surface area contributed by atoms with Crippen molar-refractivity contribution in [2.45, 2.75) is 64.4 Å². The summed E-state index contributed by atoms with van der Waals surface area (Å²) < 4.78 is 0. The fourth-order valence-corrected chi connectivity index (χ4v) is 2.00. The van der Waals surface area contributed by atoms with Crippen molar-refractivity contribution in [2.24, 2.45) is 0 Å². The van der Waals surface area contributed by atoms with Crippen molar-refractivity contribution in [3.8, 4) is 0 Å². The van der Waals surface area contributed by atoms with Gasteiger partial charge in [-0.15, -0.1) is 0 Å². The van der Waals surface area contributed by atoms with E-state index in [0.717, 1.165) is 44.9 Å². The molecule has 0 aliphatic heterocycles. The molecule has 1 atom stereocenters. The first kappa shape index (κ1) is 20.4. The van der Waals surface area contributed by atoms with E-state index in [1.165, 1.54) is 11.9 Å². The number of aliphatic hydroxyl groups is 1. The molecule has 128 valence electrons. The molecule has 0 radical (unpaired) electrons. The Labute approximate surface area is 132 Å². The molecule has 0 aliphatic carbocycles. The zero-order valence-electron chi connectivity index (χ0n) is 13.6. The maximum absolute atomic E-state index is 11.6. The van der Waals surface area contributed by atoms with Gasteiger partial charge in [-0.2, -0.15) is 0 Å². The maximum Gasteiger partial charge on any atom is 0.323 e. The number of hydrogen-bond acceptors (Lipinski definition) is 4. The van der Waals surface area contributed by atoms with Gasteiger partial charge in [-0.25, -0.2) is 0 Å². The number of carboxylic acid groups (broad SMARTS) is 1. The van der Waals surface area contributed by atoms with Gasteiger partial charge in [0, 0.05) is 13.5 Å². The topological polar surface area (TPSA) is 114 Å². The van der Waals surface area contributed by atoms with Crippen LogP contribution in [0, 0.1) is 5.41 Å². The van der Waals surface area contributed by atoms with Gasteiger partial charge in [-0.3, -0.25) is 20.3 Å². The molecule has 0 bridgehead atoms. The van der Waals surface area contributed by atoms with Gasteiger partial charge in [-0.05, 0) is 19.8 Å². The van der Waals surface area contributed by atoms with Crippen LogP contribution in [-0.4, -0.2) is 52.6 Å². The lowest BCUT2D eigenvalue weighted by Gasteiger charge is -2.17. The Hall–Kier alpha value is -1.63. The highest BCUT2D eigenvalue weighted by atomic mass is 16.4. The normalized spacial score (nSPS) is 11.8. The molecule has 0 aromatic rings. The van der Waals surface area contributed by atoms with Crippen LogP contribution in [0.3, 0.4) is 0 Å². The van der Waals surface area contributed by atoms with Gasteiger partial charge in [0.2, 0.25) is 5.91 Å². The first-order valence-electron chi connectivity index (χ1n) is 7.82. The van der Waals surface area contributed by atoms with Crippen LogP contribution in [0.4, 0.5) is 0 Å². The molecule has 0 fully saturated rings. The van der Waals surface area contributed by atoms with E-state index < -0.39 is 5.97 Å². The van der Waals surface area contributed by atoms with Crippen molar-refractivity contribution in [3.63, 3.8) is 0 Å². The van der Waals surface area contributed by atoms with Crippen LogP contribution in [0.5, 0.6) is 0 Å². The number of carbonyl (C=O) groups excluding carboxylic acids is 1. The molecule has 1 amide bonds. The highest BCUT2D eigenvalue weighted by Gasteiger charge is 2.11. The SMILES string of the molecule is CC(O)CCCCCCCCC(=O)NC(=N)N(C)CC(=O)O. The number of nitrogens with one attached hydrogen (secondary N) is 2. The van der Waals surface area contributed by atoms with E-state index in [1.807, 2.05) is 0 Å². The molecule has 0 rings (SSSR count). The van der Waals surface area contributed by atoms with E-state index in [4.69, 9.17) is 15.6 Å². The fraction of sp³-hybridized carbons (Fsp3) is 0.800. The zero-order chi connectivity index (χ0) is 17.0. The summed E-state index contributed by atoms with van der Waals surface area (Å²) >= 11 is 0. The minimum Gasteiger partial charge on any atom is -0.480 e. The van der Waals surface area contributed by atoms with Crippen LogP contribution in [0.1, 0.15) is 58.3 Å². The largest absolute Gasteiger partial charge is 0.480 e. The molecule has 0 heterocycles. The van der Waals surface area contributed by atoms with Crippen molar-refractivity contribution in [3.05, 3.63) is 0 Å². The molecule has 22 heavy (non-hydrogen) atoms. The van der Waals surface area contributed by atoms with Crippen LogP contribution < -0.4 is 5.32 Å². The second-order valence-corrected chi connectivity index (χ2v) is 5.66. The Morgan fingerprint density at radius 3 is 2.23 bits per heavy atom. The van der Waals surface area contributed by atoms with Crippen LogP contribution in [0.25, 0.3) is 0 Å². The molecule has 0 aliphatic rings. The van der Waals surface area contributed by atoms with Crippen molar-refractivity contribution in [2.75, 3.05) is 13.6 Å². The number of carboxylic acids is 1. The Morgan fingerprint density at radius 1 is 1.14 bits per heavy atom. The van der Waals surface area contributed by atoms with E-state index in [9.17, 15) is 9.59 Å². The number of guanidine groups is 1. The van der Waals surface area contributed by atoms with Crippen molar-refractivity contribution < 1.29 is 19.8 Å². The summed E-state index contributed by atoms with van der Waals surface area (Å²) in [6, 6.07) is 0. The summed E-state index contributed by atoms with van der Waals surface area (Å²) in [4.78, 5) is 23.3. The number of hydrogen-bond donors (Lipinski definition) is 4. The number of aliphatic hydroxyl groups excluding tert-OH is 1. The van der Waals surface area contributed by atoms with Crippen LogP contribution in [0.2, 0.25) is 0 Å². The second-order valence-electron chi connectivity index (χ2n) is 5.66. The number of rotatable bonds is 11. The average Bonchev–Trinajstić information content (AvgIpc) is 2.40. The van der Waals surface area contributed by atoms with E-state index >= 15 is 0 Å². The van der Waals surface area contributed by atoms with E-state index in [-0.39, 0.29) is 24.5 Å². The molecule has 0 saturated heterocycles. The van der Waals surface area contributed by atoms with E-state index in [2.05, 4.69) is 5.32 Å². The monoisotopic (exact) mass is 315 g/mol. The fourth-order valence-electron chi connectivity index (χ4n) is 2.00. The molecule has 7 heteroatoms. The van der Waals surface area contributed by atoms with Gasteiger partial charge >= 0.3 is 5.97 Å². The van der Waals surface area contributed by atoms with E-state index in [1.54, 1.807) is 6.92 Å². The standard InChI is InChI=1S/C15H29N3O4/c1-12(19)9-7-5-3-4-6-8-10-13(20)17-15(16)18(2)11-14(21)22/h12,19H,3-11H2,1-2H3,(H,21,22)(H2,16,17,20). The van der Waals surface area contributed by atoms with Gasteiger partial charge in [0.25, 0.3) is 0 Å². The zero-order valence-corrected chi connectivity index (χ0v) is 13.6. The minimum atomic E-state index is -1.04. The van der Waals surface area contributed by atoms with Gasteiger partial charge in [0.05, 0.1) is 6.10 Å². The third-order valence-corrected chi connectivity index (χ3v) is 3.29. The minimum absolute atomic E-state index is 0.189. The average molecular weight is 315 g/mol. The summed E-state index contributed by atoms with van der Waals surface area (Å²) in [5.74, 6) is -1.49. The molecule has 1 unspecified atom stereocenters. The lowest BCUT2D eigenvalue weighted by Crippen LogP contribution is -2.43. The maximum atomic E-state index is 11.6. The van der Waals surface area contributed by atoms with Gasteiger partial charge in [-0.1, -0.05) is 32.1 Å². The molecule has 0 aromatic carbocycles. The molecular formula is C15H29N3O4. The van der Waals surface area contributed by atoms with Crippen molar-refractivity contribution in [1.82, 2.24) is 10.2 Å². The summed E-state index contributed by atoms with van der Waals surface area (Å²) in [7, 11) is 1.45. The van der Waals surface area contributed by atoms with E-state index in [0.29, 0.717) is 6.42 Å². The predicted octanol–water partition coefficient (Wildman–Crippen LogP) is 1.56. The van der Waals surface area contributed by atoms with Crippen molar-refractivity contribution >= 4 is 17.8 Å². The van der Waals surface area contributed by atoms with Crippen molar-refractivity contribution in [1.29, 1.82) is 5.41 Å². The molecule has 4 N–H and O–H groups in total. The Morgan fingerprint density at radius 2 is 1.68 bits per heavy atom. The molecule has 0 aromatic heterocycles. The lowest BCUT2D eigenvalue weighted by molar-refractivity contribution is -0.137. The third kappa shape index (κ3) is 12.1. The predicted molar refractivity (Wildman–Crippen MR) is 84.8 cm³/mol. The molecule has 0 saturated carbocycles. The number of unbranched alkanes of at least 4 members (excludes halogenated alkanes) is 5. The number of likely N-dealkylation sites (N-methyl/N-ethyl adjacent to an activating group) is 1. The number of carbonyl (C=O) groups is 2. The Kier molecular flexibility index (Phi) is 11.1. The highest BCUT2D eigenvalue weighted by molar-refractivity contribution is 5.96. The molecule has 0 spiro atoms. The second kappa shape index (κ2) is 12.0. The summed E-state index contributed by atoms with van der Waals surface area (Å²) in [5.41, 5.74) is 0. The van der Waals surface area contributed by atoms with Crippen LogP contribution >= 0.6 is 0 Å². The van der Waals surface area contributed by atoms with Crippen LogP contribution in [-0.2, 0) is 9.59 Å². The Bertz CT molecular complexity index is 359.